The number of anilines is 1. The van der Waals surface area contributed by atoms with E-state index in [0.29, 0.717) is 41.7 Å². The van der Waals surface area contributed by atoms with Gasteiger partial charge in [-0.1, -0.05) is 44.2 Å². The summed E-state index contributed by atoms with van der Waals surface area (Å²) in [5, 5.41) is 7.47. The summed E-state index contributed by atoms with van der Waals surface area (Å²) in [5.41, 5.74) is 7.96. The number of aryl methyl sites for hydroxylation is 1. The Kier molecular flexibility index (Phi) is 8.82. The van der Waals surface area contributed by atoms with Crippen LogP contribution in [0, 0.1) is 12.8 Å². The lowest BCUT2D eigenvalue weighted by atomic mass is 9.88. The van der Waals surface area contributed by atoms with Gasteiger partial charge in [-0.25, -0.2) is 4.68 Å². The monoisotopic (exact) mass is 598 g/mol. The Balaban J connectivity index is 1.05. The van der Waals surface area contributed by atoms with E-state index in [1.807, 2.05) is 59.2 Å². The van der Waals surface area contributed by atoms with E-state index in [9.17, 15) is 9.59 Å². The van der Waals surface area contributed by atoms with Crippen LogP contribution < -0.4 is 5.32 Å². The molecule has 8 heteroatoms. The first-order valence-electron chi connectivity index (χ1n) is 15.6. The Morgan fingerprint density at radius 3 is 2.38 bits per heavy atom. The van der Waals surface area contributed by atoms with E-state index < -0.39 is 0 Å². The van der Waals surface area contributed by atoms with Gasteiger partial charge in [0.25, 0.3) is 11.8 Å². The third-order valence-corrected chi connectivity index (χ3v) is 8.43. The van der Waals surface area contributed by atoms with Crippen molar-refractivity contribution in [2.24, 2.45) is 5.92 Å². The molecule has 2 amide bonds. The van der Waals surface area contributed by atoms with Gasteiger partial charge in [-0.05, 0) is 91.1 Å². The van der Waals surface area contributed by atoms with E-state index in [1.54, 1.807) is 30.7 Å². The summed E-state index contributed by atoms with van der Waals surface area (Å²) in [6.45, 7) is 7.59. The zero-order chi connectivity index (χ0) is 31.3. The van der Waals surface area contributed by atoms with Crippen molar-refractivity contribution in [3.8, 4) is 16.8 Å². The summed E-state index contributed by atoms with van der Waals surface area (Å²) >= 11 is 0. The Morgan fingerprint density at radius 2 is 1.69 bits per heavy atom. The highest BCUT2D eigenvalue weighted by atomic mass is 16.2. The molecule has 5 aromatic rings. The van der Waals surface area contributed by atoms with E-state index in [2.05, 4.69) is 58.5 Å². The number of rotatable bonds is 8. The molecule has 1 aliphatic heterocycles. The summed E-state index contributed by atoms with van der Waals surface area (Å²) < 4.78 is 1.83. The molecular formula is C37H38N6O2. The predicted molar refractivity (Wildman–Crippen MR) is 177 cm³/mol. The third-order valence-electron chi connectivity index (χ3n) is 8.43. The Hall–Kier alpha value is -5.11. The largest absolute Gasteiger partial charge is 0.339 e. The number of carbonyl (C=O) groups is 2. The lowest BCUT2D eigenvalue weighted by molar-refractivity contribution is 0.0712. The molecule has 1 saturated heterocycles. The van der Waals surface area contributed by atoms with Gasteiger partial charge in [-0.3, -0.25) is 19.6 Å². The van der Waals surface area contributed by atoms with E-state index in [-0.39, 0.29) is 11.8 Å². The van der Waals surface area contributed by atoms with Crippen LogP contribution >= 0.6 is 0 Å². The fraction of sp³-hybridized carbons (Fsp3) is 0.270. The van der Waals surface area contributed by atoms with Gasteiger partial charge in [0.1, 0.15) is 0 Å². The molecular weight excluding hydrogens is 560 g/mol. The van der Waals surface area contributed by atoms with Gasteiger partial charge in [-0.15, -0.1) is 0 Å². The second kappa shape index (κ2) is 13.3. The molecule has 1 N–H and O–H groups in total. The molecule has 3 aromatic heterocycles. The number of likely N-dealkylation sites (tertiary alicyclic amines) is 1. The van der Waals surface area contributed by atoms with Crippen molar-refractivity contribution in [2.45, 2.75) is 46.0 Å². The van der Waals surface area contributed by atoms with Crippen LogP contribution in [0.15, 0.2) is 97.7 Å². The molecule has 0 bridgehead atoms. The van der Waals surface area contributed by atoms with Gasteiger partial charge in [0.2, 0.25) is 0 Å². The number of aromatic nitrogens is 4. The smallest absolute Gasteiger partial charge is 0.257 e. The fourth-order valence-corrected chi connectivity index (χ4v) is 5.83. The van der Waals surface area contributed by atoms with Crippen molar-refractivity contribution in [3.63, 3.8) is 0 Å². The normalized spacial score (nSPS) is 13.6. The highest BCUT2D eigenvalue weighted by Crippen LogP contribution is 2.31. The van der Waals surface area contributed by atoms with Gasteiger partial charge in [-0.2, -0.15) is 5.10 Å². The standard InChI is InChI=1S/C37H38N6O2/c1-25(2)19-33-13-12-31(21-39-33)36(44)41-35-20-30(7-6-26(35)3)37(45)42-17-14-29(15-18-42)27-8-10-28(11-9-27)32-22-40-43(24-32)34-5-4-16-38-23-34/h4-13,16,20-25,29H,14-15,17-19H2,1-3H3,(H,41,44). The minimum atomic E-state index is -0.236. The first-order valence-corrected chi connectivity index (χ1v) is 15.6. The van der Waals surface area contributed by atoms with Gasteiger partial charge >= 0.3 is 0 Å². The summed E-state index contributed by atoms with van der Waals surface area (Å²) in [5.74, 6) is 0.652. The van der Waals surface area contributed by atoms with Gasteiger partial charge in [0, 0.05) is 54.2 Å². The minimum Gasteiger partial charge on any atom is -0.339 e. The van der Waals surface area contributed by atoms with Gasteiger partial charge in [0.05, 0.1) is 23.6 Å². The molecule has 8 nitrogen and oxygen atoms in total. The number of hydrogen-bond acceptors (Lipinski definition) is 5. The second-order valence-electron chi connectivity index (χ2n) is 12.2. The molecule has 0 spiro atoms. The summed E-state index contributed by atoms with van der Waals surface area (Å²) in [6.07, 6.45) is 11.7. The van der Waals surface area contributed by atoms with Crippen molar-refractivity contribution in [1.82, 2.24) is 24.6 Å². The van der Waals surface area contributed by atoms with Crippen LogP contribution in [0.25, 0.3) is 16.8 Å². The molecule has 45 heavy (non-hydrogen) atoms. The molecule has 0 atom stereocenters. The molecule has 0 saturated carbocycles. The van der Waals surface area contributed by atoms with Crippen LogP contribution in [0.3, 0.4) is 0 Å². The number of nitrogens with one attached hydrogen (secondary N) is 1. The highest BCUT2D eigenvalue weighted by Gasteiger charge is 2.25. The molecule has 0 unspecified atom stereocenters. The summed E-state index contributed by atoms with van der Waals surface area (Å²) in [6, 6.07) is 21.8. The topological polar surface area (TPSA) is 93.0 Å². The first-order chi connectivity index (χ1) is 21.8. The average molecular weight is 599 g/mol. The number of amides is 2. The number of pyridine rings is 2. The summed E-state index contributed by atoms with van der Waals surface area (Å²) in [4.78, 5) is 37.0. The quantitative estimate of drug-likeness (QED) is 0.206. The third kappa shape index (κ3) is 7.01. The van der Waals surface area contributed by atoms with Crippen molar-refractivity contribution < 1.29 is 9.59 Å². The molecule has 0 aliphatic carbocycles. The Bertz CT molecular complexity index is 1770. The van der Waals surface area contributed by atoms with E-state index in [4.69, 9.17) is 0 Å². The van der Waals surface area contributed by atoms with E-state index in [0.717, 1.165) is 47.3 Å². The van der Waals surface area contributed by atoms with Crippen molar-refractivity contribution in [2.75, 3.05) is 18.4 Å². The molecule has 4 heterocycles. The van der Waals surface area contributed by atoms with Crippen LogP contribution in [-0.2, 0) is 6.42 Å². The van der Waals surface area contributed by atoms with Crippen LogP contribution in [-0.4, -0.2) is 49.6 Å². The maximum absolute atomic E-state index is 13.5. The van der Waals surface area contributed by atoms with Crippen molar-refractivity contribution in [3.05, 3.63) is 126 Å². The number of nitrogens with zero attached hydrogens (tertiary/aromatic N) is 5. The SMILES string of the molecule is Cc1ccc(C(=O)N2CCC(c3ccc(-c4cnn(-c5cccnc5)c4)cc3)CC2)cc1NC(=O)c1ccc(CC(C)C)nc1. The minimum absolute atomic E-state index is 0.00960. The number of carbonyl (C=O) groups excluding carboxylic acids is 2. The van der Waals surface area contributed by atoms with Gasteiger partial charge < -0.3 is 10.2 Å². The number of piperidine rings is 1. The molecule has 0 radical (unpaired) electrons. The molecule has 6 rings (SSSR count). The lowest BCUT2D eigenvalue weighted by Crippen LogP contribution is -2.38. The number of hydrogen-bond donors (Lipinski definition) is 1. The van der Waals surface area contributed by atoms with Crippen molar-refractivity contribution >= 4 is 17.5 Å². The zero-order valence-electron chi connectivity index (χ0n) is 26.0. The molecule has 1 aliphatic rings. The maximum atomic E-state index is 13.5. The second-order valence-corrected chi connectivity index (χ2v) is 12.2. The molecule has 228 valence electrons. The van der Waals surface area contributed by atoms with Crippen molar-refractivity contribution in [1.29, 1.82) is 0 Å². The molecule has 1 fully saturated rings. The Morgan fingerprint density at radius 1 is 0.911 bits per heavy atom. The molecule has 2 aromatic carbocycles. The predicted octanol–water partition coefficient (Wildman–Crippen LogP) is 7.11. The number of benzene rings is 2. The first kappa shape index (κ1) is 29.9. The Labute approximate surface area is 264 Å². The van der Waals surface area contributed by atoms with Crippen LogP contribution in [0.5, 0.6) is 0 Å². The average Bonchev–Trinajstić information content (AvgIpc) is 3.57. The fourth-order valence-electron chi connectivity index (χ4n) is 5.83. The van der Waals surface area contributed by atoms with Gasteiger partial charge in [0.15, 0.2) is 0 Å². The van der Waals surface area contributed by atoms with E-state index in [1.165, 1.54) is 5.56 Å². The highest BCUT2D eigenvalue weighted by molar-refractivity contribution is 6.05. The summed E-state index contributed by atoms with van der Waals surface area (Å²) in [7, 11) is 0. The maximum Gasteiger partial charge on any atom is 0.257 e. The van der Waals surface area contributed by atoms with Crippen LogP contribution in [0.1, 0.15) is 70.1 Å². The van der Waals surface area contributed by atoms with E-state index >= 15 is 0 Å². The van der Waals surface area contributed by atoms with Crippen LogP contribution in [0.2, 0.25) is 0 Å². The lowest BCUT2D eigenvalue weighted by Gasteiger charge is -2.32. The van der Waals surface area contributed by atoms with Crippen LogP contribution in [0.4, 0.5) is 5.69 Å². The zero-order valence-corrected chi connectivity index (χ0v) is 26.0.